The maximum absolute atomic E-state index is 12.2. The Bertz CT molecular complexity index is 1070. The number of rotatable bonds is 7. The number of sulfone groups is 1. The lowest BCUT2D eigenvalue weighted by molar-refractivity contribution is 0.0468. The molecule has 0 aliphatic heterocycles. The SMILES string of the molecule is COc1cccc(-c2nc(COC(=O)c3ccc(CS(C)(=O)=O)cc3)cs2)c1. The highest BCUT2D eigenvalue weighted by Gasteiger charge is 2.11. The van der Waals surface area contributed by atoms with Crippen molar-refractivity contribution in [3.63, 3.8) is 0 Å². The topological polar surface area (TPSA) is 82.6 Å². The average Bonchev–Trinajstić information content (AvgIpc) is 3.14. The number of ether oxygens (including phenoxy) is 2. The van der Waals surface area contributed by atoms with Gasteiger partial charge in [0.05, 0.1) is 24.1 Å². The van der Waals surface area contributed by atoms with Crippen LogP contribution in [0, 0.1) is 0 Å². The second-order valence-electron chi connectivity index (χ2n) is 6.22. The third kappa shape index (κ3) is 5.40. The van der Waals surface area contributed by atoms with E-state index in [0.717, 1.165) is 16.3 Å². The molecule has 0 radical (unpaired) electrons. The smallest absolute Gasteiger partial charge is 0.338 e. The first-order valence-electron chi connectivity index (χ1n) is 8.37. The molecule has 8 heteroatoms. The van der Waals surface area contributed by atoms with E-state index in [1.54, 1.807) is 31.4 Å². The number of benzene rings is 2. The monoisotopic (exact) mass is 417 g/mol. The summed E-state index contributed by atoms with van der Waals surface area (Å²) in [6.45, 7) is 0.0599. The molecule has 146 valence electrons. The fraction of sp³-hybridized carbons (Fsp3) is 0.200. The summed E-state index contributed by atoms with van der Waals surface area (Å²) in [5, 5.41) is 2.66. The van der Waals surface area contributed by atoms with Crippen molar-refractivity contribution in [1.29, 1.82) is 0 Å². The lowest BCUT2D eigenvalue weighted by atomic mass is 10.1. The zero-order valence-corrected chi connectivity index (χ0v) is 17.0. The van der Waals surface area contributed by atoms with Gasteiger partial charge in [-0.05, 0) is 29.8 Å². The van der Waals surface area contributed by atoms with E-state index in [0.29, 0.717) is 16.8 Å². The number of carbonyl (C=O) groups excluding carboxylic acids is 1. The molecular weight excluding hydrogens is 398 g/mol. The van der Waals surface area contributed by atoms with Crippen LogP contribution in [0.2, 0.25) is 0 Å². The minimum atomic E-state index is -3.11. The van der Waals surface area contributed by atoms with Crippen molar-refractivity contribution in [1.82, 2.24) is 4.98 Å². The third-order valence-corrected chi connectivity index (χ3v) is 5.64. The normalized spacial score (nSPS) is 11.2. The first-order chi connectivity index (χ1) is 13.3. The minimum absolute atomic E-state index is 0.0599. The zero-order valence-electron chi connectivity index (χ0n) is 15.4. The van der Waals surface area contributed by atoms with Crippen LogP contribution in [0.1, 0.15) is 21.6 Å². The molecule has 0 aliphatic carbocycles. The highest BCUT2D eigenvalue weighted by Crippen LogP contribution is 2.27. The summed E-state index contributed by atoms with van der Waals surface area (Å²) in [5.74, 6) is 0.204. The summed E-state index contributed by atoms with van der Waals surface area (Å²) >= 11 is 1.46. The Morgan fingerprint density at radius 2 is 1.89 bits per heavy atom. The summed E-state index contributed by atoms with van der Waals surface area (Å²) in [6, 6.07) is 13.9. The molecule has 0 saturated heterocycles. The van der Waals surface area contributed by atoms with Crippen LogP contribution >= 0.6 is 11.3 Å². The van der Waals surface area contributed by atoms with Crippen LogP contribution < -0.4 is 4.74 Å². The molecule has 0 aliphatic rings. The Kier molecular flexibility index (Phi) is 6.11. The fourth-order valence-corrected chi connectivity index (χ4v) is 4.12. The van der Waals surface area contributed by atoms with E-state index in [2.05, 4.69) is 4.98 Å². The van der Waals surface area contributed by atoms with Gasteiger partial charge in [-0.1, -0.05) is 24.3 Å². The van der Waals surface area contributed by atoms with E-state index >= 15 is 0 Å². The molecule has 0 fully saturated rings. The molecular formula is C20H19NO5S2. The van der Waals surface area contributed by atoms with Crippen LogP contribution in [0.5, 0.6) is 5.75 Å². The molecule has 0 saturated carbocycles. The molecule has 0 bridgehead atoms. The van der Waals surface area contributed by atoms with E-state index in [-0.39, 0.29) is 12.4 Å². The van der Waals surface area contributed by atoms with Crippen LogP contribution in [-0.2, 0) is 26.9 Å². The Morgan fingerprint density at radius 1 is 1.14 bits per heavy atom. The Morgan fingerprint density at radius 3 is 2.57 bits per heavy atom. The van der Waals surface area contributed by atoms with Crippen molar-refractivity contribution in [2.45, 2.75) is 12.4 Å². The number of thiazole rings is 1. The van der Waals surface area contributed by atoms with Gasteiger partial charge in [0.25, 0.3) is 0 Å². The van der Waals surface area contributed by atoms with Gasteiger partial charge in [-0.25, -0.2) is 18.2 Å². The van der Waals surface area contributed by atoms with E-state index < -0.39 is 15.8 Å². The van der Waals surface area contributed by atoms with Gasteiger partial charge < -0.3 is 9.47 Å². The average molecular weight is 418 g/mol. The van der Waals surface area contributed by atoms with Gasteiger partial charge in [-0.2, -0.15) is 0 Å². The van der Waals surface area contributed by atoms with Gasteiger partial charge in [0.15, 0.2) is 9.84 Å². The van der Waals surface area contributed by atoms with Crippen LogP contribution in [0.3, 0.4) is 0 Å². The van der Waals surface area contributed by atoms with E-state index in [4.69, 9.17) is 9.47 Å². The third-order valence-electron chi connectivity index (χ3n) is 3.84. The second kappa shape index (κ2) is 8.53. The lowest BCUT2D eigenvalue weighted by Gasteiger charge is -2.04. The molecule has 6 nitrogen and oxygen atoms in total. The Balaban J connectivity index is 1.61. The number of esters is 1. The van der Waals surface area contributed by atoms with E-state index in [9.17, 15) is 13.2 Å². The lowest BCUT2D eigenvalue weighted by Crippen LogP contribution is -2.06. The van der Waals surface area contributed by atoms with Crippen LogP contribution in [0.25, 0.3) is 10.6 Å². The van der Waals surface area contributed by atoms with Crippen LogP contribution in [0.15, 0.2) is 53.9 Å². The molecule has 2 aromatic carbocycles. The number of nitrogens with zero attached hydrogens (tertiary/aromatic N) is 1. The predicted octanol–water partition coefficient (Wildman–Crippen LogP) is 3.72. The minimum Gasteiger partial charge on any atom is -0.497 e. The summed E-state index contributed by atoms with van der Waals surface area (Å²) in [6.07, 6.45) is 1.17. The molecule has 3 aromatic rings. The quantitative estimate of drug-likeness (QED) is 0.545. The number of carbonyl (C=O) groups is 1. The molecule has 1 heterocycles. The molecule has 0 unspecified atom stereocenters. The van der Waals surface area contributed by atoms with Gasteiger partial charge in [0.1, 0.15) is 17.4 Å². The zero-order chi connectivity index (χ0) is 20.1. The highest BCUT2D eigenvalue weighted by molar-refractivity contribution is 7.89. The Hall–Kier alpha value is -2.71. The van der Waals surface area contributed by atoms with Crippen LogP contribution in [-0.4, -0.2) is 32.7 Å². The van der Waals surface area contributed by atoms with Crippen molar-refractivity contribution in [3.8, 4) is 16.3 Å². The first-order valence-corrected chi connectivity index (χ1v) is 11.3. The van der Waals surface area contributed by atoms with Crippen molar-refractivity contribution < 1.29 is 22.7 Å². The molecule has 28 heavy (non-hydrogen) atoms. The fourth-order valence-electron chi connectivity index (χ4n) is 2.52. The first kappa shape index (κ1) is 20.0. The number of hydrogen-bond acceptors (Lipinski definition) is 7. The van der Waals surface area contributed by atoms with Crippen molar-refractivity contribution in [2.75, 3.05) is 13.4 Å². The molecule has 1 aromatic heterocycles. The van der Waals surface area contributed by atoms with Gasteiger partial charge >= 0.3 is 5.97 Å². The van der Waals surface area contributed by atoms with Crippen LogP contribution in [0.4, 0.5) is 0 Å². The van der Waals surface area contributed by atoms with Crippen molar-refractivity contribution in [3.05, 3.63) is 70.7 Å². The maximum Gasteiger partial charge on any atom is 0.338 e. The molecule has 0 amide bonds. The standard InChI is InChI=1S/C20H19NO5S2/c1-25-18-5-3-4-16(10-18)19-21-17(12-27-19)11-26-20(22)15-8-6-14(7-9-15)13-28(2,23)24/h3-10,12H,11,13H2,1-2H3. The largest absolute Gasteiger partial charge is 0.497 e. The van der Waals surface area contributed by atoms with Gasteiger partial charge in [-0.15, -0.1) is 11.3 Å². The number of methoxy groups -OCH3 is 1. The number of hydrogen-bond donors (Lipinski definition) is 0. The summed E-state index contributed by atoms with van der Waals surface area (Å²) < 4.78 is 33.2. The van der Waals surface area contributed by atoms with Gasteiger partial charge in [0, 0.05) is 17.2 Å². The Labute approximate surface area is 167 Å². The summed E-state index contributed by atoms with van der Waals surface area (Å²) in [5.41, 5.74) is 2.58. The second-order valence-corrected chi connectivity index (χ2v) is 9.22. The van der Waals surface area contributed by atoms with Gasteiger partial charge in [0.2, 0.25) is 0 Å². The van der Waals surface area contributed by atoms with Crippen molar-refractivity contribution >= 4 is 27.1 Å². The molecule has 0 spiro atoms. The summed E-state index contributed by atoms with van der Waals surface area (Å²) in [4.78, 5) is 16.7. The molecule has 0 atom stereocenters. The van der Waals surface area contributed by atoms with Gasteiger partial charge in [-0.3, -0.25) is 0 Å². The van der Waals surface area contributed by atoms with E-state index in [1.807, 2.05) is 29.6 Å². The molecule has 0 N–H and O–H groups in total. The summed E-state index contributed by atoms with van der Waals surface area (Å²) in [7, 11) is -1.50. The van der Waals surface area contributed by atoms with Crippen molar-refractivity contribution in [2.24, 2.45) is 0 Å². The van der Waals surface area contributed by atoms with E-state index in [1.165, 1.54) is 17.6 Å². The molecule has 3 rings (SSSR count). The number of aromatic nitrogens is 1. The highest BCUT2D eigenvalue weighted by atomic mass is 32.2. The predicted molar refractivity (Wildman–Crippen MR) is 108 cm³/mol. The maximum atomic E-state index is 12.2.